The number of ether oxygens (including phenoxy) is 2. The molecule has 5 nitrogen and oxygen atoms in total. The van der Waals surface area contributed by atoms with E-state index in [1.54, 1.807) is 11.8 Å². The van der Waals surface area contributed by atoms with Gasteiger partial charge in [0.15, 0.2) is 0 Å². The van der Waals surface area contributed by atoms with Crippen LogP contribution >= 0.6 is 0 Å². The molecule has 1 heterocycles. The molecule has 0 N–H and O–H groups in total. The summed E-state index contributed by atoms with van der Waals surface area (Å²) in [4.78, 5) is 26.8. The molecule has 5 heteroatoms. The van der Waals surface area contributed by atoms with Gasteiger partial charge in [0, 0.05) is 13.1 Å². The Bertz CT molecular complexity index is 747. The highest BCUT2D eigenvalue weighted by molar-refractivity contribution is 5.85. The number of benzene rings is 2. The van der Waals surface area contributed by atoms with E-state index in [0.29, 0.717) is 19.6 Å². The predicted octanol–water partition coefficient (Wildman–Crippen LogP) is 3.53. The van der Waals surface area contributed by atoms with Crippen molar-refractivity contribution in [1.82, 2.24) is 4.90 Å². The molecule has 0 aromatic heterocycles. The molecular formula is C21H23NO4. The average Bonchev–Trinajstić information content (AvgIpc) is 3.15. The minimum Gasteiger partial charge on any atom is -0.465 e. The van der Waals surface area contributed by atoms with Crippen molar-refractivity contribution in [1.29, 1.82) is 0 Å². The lowest BCUT2D eigenvalue weighted by atomic mass is 9.79. The predicted molar refractivity (Wildman–Crippen MR) is 97.6 cm³/mol. The van der Waals surface area contributed by atoms with Crippen molar-refractivity contribution in [2.24, 2.45) is 0 Å². The van der Waals surface area contributed by atoms with Gasteiger partial charge in [-0.3, -0.25) is 4.79 Å². The summed E-state index contributed by atoms with van der Waals surface area (Å²) in [6.07, 6.45) is 0.118. The van der Waals surface area contributed by atoms with Gasteiger partial charge in [-0.05, 0) is 24.5 Å². The Balaban J connectivity index is 1.72. The molecule has 1 saturated heterocycles. The van der Waals surface area contributed by atoms with Crippen molar-refractivity contribution in [3.8, 4) is 0 Å². The summed E-state index contributed by atoms with van der Waals surface area (Å²) in [6, 6.07) is 19.1. The third-order valence-corrected chi connectivity index (χ3v) is 4.73. The van der Waals surface area contributed by atoms with E-state index >= 15 is 0 Å². The number of carbonyl (C=O) groups is 2. The van der Waals surface area contributed by atoms with Crippen LogP contribution in [0.4, 0.5) is 4.79 Å². The molecule has 1 unspecified atom stereocenters. The second-order valence-electron chi connectivity index (χ2n) is 6.38. The number of rotatable bonds is 5. The van der Waals surface area contributed by atoms with Crippen LogP contribution in [0, 0.1) is 0 Å². The lowest BCUT2D eigenvalue weighted by Crippen LogP contribution is -2.41. The van der Waals surface area contributed by atoms with Gasteiger partial charge in [-0.25, -0.2) is 4.79 Å². The number of esters is 1. The van der Waals surface area contributed by atoms with Crippen LogP contribution in [-0.2, 0) is 26.3 Å². The summed E-state index contributed by atoms with van der Waals surface area (Å²) in [6.45, 7) is 3.04. The molecule has 1 aliphatic rings. The van der Waals surface area contributed by atoms with E-state index in [2.05, 4.69) is 0 Å². The SMILES string of the molecule is CCOC(=O)C1(c2ccccc2)CCN(C(=O)OCc2ccccc2)C1. The van der Waals surface area contributed by atoms with Gasteiger partial charge < -0.3 is 14.4 Å². The van der Waals surface area contributed by atoms with Gasteiger partial charge in [0.25, 0.3) is 0 Å². The summed E-state index contributed by atoms with van der Waals surface area (Å²) in [5, 5.41) is 0. The molecule has 3 rings (SSSR count). The van der Waals surface area contributed by atoms with Crippen LogP contribution in [0.1, 0.15) is 24.5 Å². The smallest absolute Gasteiger partial charge is 0.410 e. The van der Waals surface area contributed by atoms with E-state index in [-0.39, 0.29) is 19.1 Å². The molecule has 136 valence electrons. The summed E-state index contributed by atoms with van der Waals surface area (Å²) >= 11 is 0. The third kappa shape index (κ3) is 3.72. The van der Waals surface area contributed by atoms with Crippen LogP contribution in [0.5, 0.6) is 0 Å². The third-order valence-electron chi connectivity index (χ3n) is 4.73. The van der Waals surface area contributed by atoms with E-state index in [4.69, 9.17) is 9.47 Å². The molecule has 2 aromatic rings. The Morgan fingerprint density at radius 2 is 1.65 bits per heavy atom. The first-order chi connectivity index (χ1) is 12.7. The molecule has 26 heavy (non-hydrogen) atoms. The van der Waals surface area contributed by atoms with Gasteiger partial charge in [0.1, 0.15) is 12.0 Å². The molecule has 1 amide bonds. The van der Waals surface area contributed by atoms with Gasteiger partial charge in [0.05, 0.1) is 6.61 Å². The summed E-state index contributed by atoms with van der Waals surface area (Å²) in [5.74, 6) is -0.287. The van der Waals surface area contributed by atoms with Crippen molar-refractivity contribution in [2.45, 2.75) is 25.4 Å². The van der Waals surface area contributed by atoms with Crippen LogP contribution in [0.2, 0.25) is 0 Å². The maximum atomic E-state index is 12.7. The van der Waals surface area contributed by atoms with Crippen LogP contribution < -0.4 is 0 Å². The number of hydrogen-bond acceptors (Lipinski definition) is 4. The van der Waals surface area contributed by atoms with E-state index in [0.717, 1.165) is 11.1 Å². The standard InChI is InChI=1S/C21H23NO4/c1-2-25-19(23)21(18-11-7-4-8-12-18)13-14-22(16-21)20(24)26-15-17-9-5-3-6-10-17/h3-12H,2,13-16H2,1H3. The summed E-state index contributed by atoms with van der Waals surface area (Å²) < 4.78 is 10.7. The van der Waals surface area contributed by atoms with Gasteiger partial charge in [-0.15, -0.1) is 0 Å². The first-order valence-electron chi connectivity index (χ1n) is 8.84. The Kier molecular flexibility index (Phi) is 5.56. The minimum absolute atomic E-state index is 0.216. The zero-order valence-electron chi connectivity index (χ0n) is 14.9. The van der Waals surface area contributed by atoms with Crippen LogP contribution in [-0.4, -0.2) is 36.7 Å². The van der Waals surface area contributed by atoms with Gasteiger partial charge >= 0.3 is 12.1 Å². The molecule has 0 aliphatic carbocycles. The molecule has 1 atom stereocenters. The maximum absolute atomic E-state index is 12.7. The zero-order valence-corrected chi connectivity index (χ0v) is 14.9. The van der Waals surface area contributed by atoms with Crippen molar-refractivity contribution in [3.05, 3.63) is 71.8 Å². The van der Waals surface area contributed by atoms with Crippen LogP contribution in [0.25, 0.3) is 0 Å². The first kappa shape index (κ1) is 18.0. The van der Waals surface area contributed by atoms with Gasteiger partial charge in [-0.2, -0.15) is 0 Å². The van der Waals surface area contributed by atoms with Crippen molar-refractivity contribution >= 4 is 12.1 Å². The summed E-state index contributed by atoms with van der Waals surface area (Å²) in [7, 11) is 0. The molecule has 1 fully saturated rings. The minimum atomic E-state index is -0.830. The number of carbonyl (C=O) groups excluding carboxylic acids is 2. The number of nitrogens with zero attached hydrogens (tertiary/aromatic N) is 1. The highest BCUT2D eigenvalue weighted by Crippen LogP contribution is 2.36. The normalized spacial score (nSPS) is 19.2. The lowest BCUT2D eigenvalue weighted by molar-refractivity contribution is -0.149. The Morgan fingerprint density at radius 1 is 1.00 bits per heavy atom. The fourth-order valence-electron chi connectivity index (χ4n) is 3.32. The highest BCUT2D eigenvalue weighted by atomic mass is 16.6. The first-order valence-corrected chi connectivity index (χ1v) is 8.84. The van der Waals surface area contributed by atoms with Crippen molar-refractivity contribution < 1.29 is 19.1 Å². The van der Waals surface area contributed by atoms with E-state index in [9.17, 15) is 9.59 Å². The van der Waals surface area contributed by atoms with Gasteiger partial charge in [0.2, 0.25) is 0 Å². The molecule has 1 aliphatic heterocycles. The molecule has 0 saturated carbocycles. The number of hydrogen-bond donors (Lipinski definition) is 0. The van der Waals surface area contributed by atoms with Gasteiger partial charge in [-0.1, -0.05) is 60.7 Å². The fraction of sp³-hybridized carbons (Fsp3) is 0.333. The summed E-state index contributed by atoms with van der Waals surface area (Å²) in [5.41, 5.74) is 0.972. The monoisotopic (exact) mass is 353 g/mol. The van der Waals surface area contributed by atoms with Crippen LogP contribution in [0.3, 0.4) is 0 Å². The van der Waals surface area contributed by atoms with Crippen LogP contribution in [0.15, 0.2) is 60.7 Å². The van der Waals surface area contributed by atoms with E-state index in [1.807, 2.05) is 60.7 Å². The molecular weight excluding hydrogens is 330 g/mol. The number of amides is 1. The lowest BCUT2D eigenvalue weighted by Gasteiger charge is -2.27. The topological polar surface area (TPSA) is 55.8 Å². The van der Waals surface area contributed by atoms with Crippen molar-refractivity contribution in [3.63, 3.8) is 0 Å². The number of likely N-dealkylation sites (tertiary alicyclic amines) is 1. The second kappa shape index (κ2) is 8.04. The molecule has 0 bridgehead atoms. The molecule has 0 radical (unpaired) electrons. The largest absolute Gasteiger partial charge is 0.465 e. The zero-order chi connectivity index (χ0) is 18.4. The molecule has 2 aromatic carbocycles. The average molecular weight is 353 g/mol. The molecule has 0 spiro atoms. The highest BCUT2D eigenvalue weighted by Gasteiger charge is 2.49. The Labute approximate surface area is 153 Å². The van der Waals surface area contributed by atoms with E-state index in [1.165, 1.54) is 0 Å². The van der Waals surface area contributed by atoms with Crippen molar-refractivity contribution in [2.75, 3.05) is 19.7 Å². The van der Waals surface area contributed by atoms with E-state index < -0.39 is 11.5 Å². The second-order valence-corrected chi connectivity index (χ2v) is 6.38. The fourth-order valence-corrected chi connectivity index (χ4v) is 3.32. The Morgan fingerprint density at radius 3 is 2.31 bits per heavy atom. The Hall–Kier alpha value is -2.82. The maximum Gasteiger partial charge on any atom is 0.410 e. The quantitative estimate of drug-likeness (QED) is 0.772.